The van der Waals surface area contributed by atoms with Gasteiger partial charge in [0.05, 0.1) is 17.4 Å². The third kappa shape index (κ3) is 6.09. The second kappa shape index (κ2) is 11.4. The molecule has 192 valence electrons. The number of rotatable bonds is 10. The minimum atomic E-state index is -0.531. The smallest absolute Gasteiger partial charge is 0.227 e. The van der Waals surface area contributed by atoms with E-state index >= 15 is 0 Å². The van der Waals surface area contributed by atoms with Gasteiger partial charge in [0.1, 0.15) is 11.6 Å². The van der Waals surface area contributed by atoms with Crippen molar-refractivity contribution in [2.24, 2.45) is 0 Å². The summed E-state index contributed by atoms with van der Waals surface area (Å²) in [5.74, 6) is -0.473. The van der Waals surface area contributed by atoms with Crippen molar-refractivity contribution in [3.05, 3.63) is 88.6 Å². The van der Waals surface area contributed by atoms with E-state index in [9.17, 15) is 14.3 Å². The van der Waals surface area contributed by atoms with Crippen molar-refractivity contribution < 1.29 is 14.3 Å². The van der Waals surface area contributed by atoms with Crippen LogP contribution in [0.4, 0.5) is 16.0 Å². The van der Waals surface area contributed by atoms with Gasteiger partial charge in [-0.05, 0) is 61.7 Å². The van der Waals surface area contributed by atoms with E-state index in [1.54, 1.807) is 11.1 Å². The summed E-state index contributed by atoms with van der Waals surface area (Å²) in [6.07, 6.45) is 5.37. The van der Waals surface area contributed by atoms with Crippen LogP contribution in [-0.2, 0) is 11.3 Å². The standard InChI is InChI=1S/C28H29ClFN5O2/c1-4-25(20-6-5-7-22(29)13-20)35(17-36)11-10-34-16-21(12-19(34)3)27-18(2)15-31-28(33-27)32-24-9-8-23(30)14-26(24)37/h5-9,12-17,25,37H,4,10-11H2,1-3H3,(H,31,32,33). The lowest BCUT2D eigenvalue weighted by Gasteiger charge is -2.28. The zero-order valence-electron chi connectivity index (χ0n) is 20.9. The molecular weight excluding hydrogens is 493 g/mol. The summed E-state index contributed by atoms with van der Waals surface area (Å²) in [4.78, 5) is 22.7. The first-order valence-corrected chi connectivity index (χ1v) is 12.4. The molecule has 0 aliphatic rings. The predicted molar refractivity (Wildman–Crippen MR) is 144 cm³/mol. The lowest BCUT2D eigenvalue weighted by Crippen LogP contribution is -2.30. The highest BCUT2D eigenvalue weighted by Crippen LogP contribution is 2.29. The van der Waals surface area contributed by atoms with Crippen LogP contribution in [0.5, 0.6) is 5.75 Å². The largest absolute Gasteiger partial charge is 0.506 e. The molecular formula is C28H29ClFN5O2. The summed E-state index contributed by atoms with van der Waals surface area (Å²) in [6, 6.07) is 13.3. The maximum atomic E-state index is 13.3. The lowest BCUT2D eigenvalue weighted by molar-refractivity contribution is -0.120. The van der Waals surface area contributed by atoms with E-state index in [1.165, 1.54) is 12.1 Å². The molecule has 0 bridgehead atoms. The molecule has 2 heterocycles. The van der Waals surface area contributed by atoms with E-state index in [-0.39, 0.29) is 17.7 Å². The predicted octanol–water partition coefficient (Wildman–Crippen LogP) is 6.41. The van der Waals surface area contributed by atoms with Crippen molar-refractivity contribution in [2.45, 2.75) is 39.8 Å². The molecule has 0 spiro atoms. The van der Waals surface area contributed by atoms with Crippen molar-refractivity contribution in [1.82, 2.24) is 19.4 Å². The monoisotopic (exact) mass is 521 g/mol. The number of anilines is 2. The average Bonchev–Trinajstić information content (AvgIpc) is 3.24. The van der Waals surface area contributed by atoms with Crippen LogP contribution in [0.2, 0.25) is 5.02 Å². The molecule has 7 nitrogen and oxygen atoms in total. The van der Waals surface area contributed by atoms with Gasteiger partial charge < -0.3 is 19.9 Å². The molecule has 0 fully saturated rings. The molecule has 37 heavy (non-hydrogen) atoms. The van der Waals surface area contributed by atoms with E-state index in [0.717, 1.165) is 47.0 Å². The summed E-state index contributed by atoms with van der Waals surface area (Å²) >= 11 is 6.18. The number of nitrogens with zero attached hydrogens (tertiary/aromatic N) is 4. The van der Waals surface area contributed by atoms with E-state index in [1.807, 2.05) is 50.4 Å². The molecule has 0 radical (unpaired) electrons. The van der Waals surface area contributed by atoms with Gasteiger partial charge in [-0.15, -0.1) is 0 Å². The van der Waals surface area contributed by atoms with E-state index < -0.39 is 5.82 Å². The lowest BCUT2D eigenvalue weighted by atomic mass is 10.0. The molecule has 2 aromatic carbocycles. The topological polar surface area (TPSA) is 83.3 Å². The van der Waals surface area contributed by atoms with Crippen molar-refractivity contribution in [1.29, 1.82) is 0 Å². The fourth-order valence-corrected chi connectivity index (χ4v) is 4.59. The molecule has 0 saturated carbocycles. The first-order chi connectivity index (χ1) is 17.8. The number of carbonyl (C=O) groups is 1. The normalized spacial score (nSPS) is 11.8. The highest BCUT2D eigenvalue weighted by atomic mass is 35.5. The highest BCUT2D eigenvalue weighted by molar-refractivity contribution is 6.30. The van der Waals surface area contributed by atoms with Crippen LogP contribution in [0.3, 0.4) is 0 Å². The van der Waals surface area contributed by atoms with Crippen LogP contribution in [0, 0.1) is 19.7 Å². The number of halogens is 2. The Labute approximate surface area is 220 Å². The zero-order chi connectivity index (χ0) is 26.5. The second-order valence-electron chi connectivity index (χ2n) is 8.90. The average molecular weight is 522 g/mol. The number of nitrogens with one attached hydrogen (secondary N) is 1. The van der Waals surface area contributed by atoms with Gasteiger partial charge in [-0.1, -0.05) is 30.7 Å². The van der Waals surface area contributed by atoms with Gasteiger partial charge in [0.2, 0.25) is 12.4 Å². The molecule has 4 aromatic rings. The number of carbonyl (C=O) groups excluding carboxylic acids is 1. The number of hydrogen-bond acceptors (Lipinski definition) is 5. The van der Waals surface area contributed by atoms with Gasteiger partial charge >= 0.3 is 0 Å². The first kappa shape index (κ1) is 26.2. The number of aromatic hydroxyl groups is 1. The third-order valence-electron chi connectivity index (χ3n) is 6.32. The minimum Gasteiger partial charge on any atom is -0.506 e. The van der Waals surface area contributed by atoms with Crippen LogP contribution in [0.25, 0.3) is 11.3 Å². The zero-order valence-corrected chi connectivity index (χ0v) is 21.7. The molecule has 1 atom stereocenters. The Morgan fingerprint density at radius 3 is 2.73 bits per heavy atom. The molecule has 0 aliphatic carbocycles. The van der Waals surface area contributed by atoms with Crippen molar-refractivity contribution >= 4 is 29.6 Å². The SMILES string of the molecule is CCC(c1cccc(Cl)c1)N(C=O)CCn1cc(-c2nc(Nc3ccc(F)cc3O)ncc2C)cc1C. The van der Waals surface area contributed by atoms with Crippen LogP contribution in [-0.4, -0.2) is 37.5 Å². The maximum Gasteiger partial charge on any atom is 0.227 e. The van der Waals surface area contributed by atoms with E-state index in [0.29, 0.717) is 23.8 Å². The fraction of sp³-hybridized carbons (Fsp3) is 0.250. The molecule has 0 aliphatic heterocycles. The van der Waals surface area contributed by atoms with Gasteiger partial charge in [-0.3, -0.25) is 4.79 Å². The number of hydrogen-bond donors (Lipinski definition) is 2. The van der Waals surface area contributed by atoms with Crippen molar-refractivity contribution in [3.63, 3.8) is 0 Å². The molecule has 9 heteroatoms. The number of aromatic nitrogens is 3. The Balaban J connectivity index is 1.52. The molecule has 1 amide bonds. The summed E-state index contributed by atoms with van der Waals surface area (Å²) in [5, 5.41) is 13.6. The minimum absolute atomic E-state index is 0.0628. The Bertz CT molecular complexity index is 1410. The number of amides is 1. The Hall–Kier alpha value is -3.91. The van der Waals surface area contributed by atoms with Crippen molar-refractivity contribution in [3.8, 4) is 17.0 Å². The Kier molecular flexibility index (Phi) is 8.08. The molecule has 0 saturated heterocycles. The van der Waals surface area contributed by atoms with Crippen LogP contribution < -0.4 is 5.32 Å². The number of phenols is 1. The second-order valence-corrected chi connectivity index (χ2v) is 9.33. The fourth-order valence-electron chi connectivity index (χ4n) is 4.39. The first-order valence-electron chi connectivity index (χ1n) is 12.0. The number of aryl methyl sites for hydroxylation is 2. The third-order valence-corrected chi connectivity index (χ3v) is 6.55. The van der Waals surface area contributed by atoms with Gasteiger partial charge in [0.15, 0.2) is 0 Å². The molecule has 2 aromatic heterocycles. The maximum absolute atomic E-state index is 13.3. The van der Waals surface area contributed by atoms with Crippen LogP contribution in [0.1, 0.15) is 36.2 Å². The summed E-state index contributed by atoms with van der Waals surface area (Å²) in [6.45, 7) is 7.13. The van der Waals surface area contributed by atoms with E-state index in [4.69, 9.17) is 11.6 Å². The van der Waals surface area contributed by atoms with Gasteiger partial charge in [-0.25, -0.2) is 14.4 Å². The van der Waals surface area contributed by atoms with Gasteiger partial charge in [0, 0.05) is 47.8 Å². The number of benzene rings is 2. The Morgan fingerprint density at radius 2 is 2.03 bits per heavy atom. The molecule has 4 rings (SSSR count). The summed E-state index contributed by atoms with van der Waals surface area (Å²) < 4.78 is 15.4. The van der Waals surface area contributed by atoms with E-state index in [2.05, 4.69) is 26.8 Å². The molecule has 2 N–H and O–H groups in total. The van der Waals surface area contributed by atoms with Crippen molar-refractivity contribution in [2.75, 3.05) is 11.9 Å². The summed E-state index contributed by atoms with van der Waals surface area (Å²) in [7, 11) is 0. The summed E-state index contributed by atoms with van der Waals surface area (Å²) in [5.41, 5.74) is 4.87. The quantitative estimate of drug-likeness (QED) is 0.186. The van der Waals surface area contributed by atoms with Gasteiger partial charge in [-0.2, -0.15) is 0 Å². The van der Waals surface area contributed by atoms with Crippen LogP contribution in [0.15, 0.2) is 60.9 Å². The van der Waals surface area contributed by atoms with Crippen LogP contribution >= 0.6 is 11.6 Å². The Morgan fingerprint density at radius 1 is 1.22 bits per heavy atom. The highest BCUT2D eigenvalue weighted by Gasteiger charge is 2.18. The van der Waals surface area contributed by atoms with Gasteiger partial charge in [0.25, 0.3) is 0 Å². The molecule has 1 unspecified atom stereocenters. The number of phenolic OH excluding ortho intramolecular Hbond substituents is 1.